The van der Waals surface area contributed by atoms with Gasteiger partial charge in [-0.2, -0.15) is 0 Å². The van der Waals surface area contributed by atoms with E-state index in [4.69, 9.17) is 27.9 Å². The fourth-order valence-corrected chi connectivity index (χ4v) is 3.69. The van der Waals surface area contributed by atoms with Crippen LogP contribution in [-0.2, 0) is 16.0 Å². The molecule has 1 aromatic heterocycles. The topological polar surface area (TPSA) is 130 Å². The lowest BCUT2D eigenvalue weighted by Crippen LogP contribution is -2.38. The summed E-state index contributed by atoms with van der Waals surface area (Å²) < 4.78 is 6.72. The van der Waals surface area contributed by atoms with Gasteiger partial charge in [0.1, 0.15) is 12.3 Å². The van der Waals surface area contributed by atoms with E-state index < -0.39 is 35.5 Å². The summed E-state index contributed by atoms with van der Waals surface area (Å²) in [6.07, 6.45) is -1.56. The van der Waals surface area contributed by atoms with E-state index in [1.807, 2.05) is 0 Å². The maximum Gasteiger partial charge on any atom is 0.330 e. The molecule has 9 nitrogen and oxygen atoms in total. The smallest absolute Gasteiger partial charge is 0.330 e. The van der Waals surface area contributed by atoms with Crippen LogP contribution in [0.4, 0.5) is 0 Å². The van der Waals surface area contributed by atoms with Crippen molar-refractivity contribution in [3.63, 3.8) is 0 Å². The van der Waals surface area contributed by atoms with Gasteiger partial charge >= 0.3 is 5.69 Å². The molecule has 1 aromatic carbocycles. The van der Waals surface area contributed by atoms with Crippen molar-refractivity contribution in [2.24, 2.45) is 0 Å². The number of Topliss-reactive ketones (excluding diaryl/α,β-unsaturated/α-hetero) is 1. The minimum Gasteiger partial charge on any atom is -0.390 e. The number of hydrogen-bond acceptors (Lipinski definition) is 6. The molecule has 30 heavy (non-hydrogen) atoms. The van der Waals surface area contributed by atoms with Crippen molar-refractivity contribution in [1.82, 2.24) is 14.9 Å². The number of aromatic amines is 1. The number of aliphatic hydroxyl groups excluding tert-OH is 1. The molecule has 1 aliphatic rings. The van der Waals surface area contributed by atoms with Crippen molar-refractivity contribution < 1.29 is 19.4 Å². The molecule has 3 rings (SSSR count). The second-order valence-electron chi connectivity index (χ2n) is 6.88. The van der Waals surface area contributed by atoms with Crippen LogP contribution in [0.3, 0.4) is 0 Å². The molecule has 2 heterocycles. The van der Waals surface area contributed by atoms with E-state index >= 15 is 0 Å². The summed E-state index contributed by atoms with van der Waals surface area (Å²) in [4.78, 5) is 49.7. The number of carbonyl (C=O) groups is 2. The van der Waals surface area contributed by atoms with Gasteiger partial charge in [-0.15, -0.1) is 0 Å². The Kier molecular flexibility index (Phi) is 6.77. The van der Waals surface area contributed by atoms with Gasteiger partial charge < -0.3 is 15.2 Å². The van der Waals surface area contributed by atoms with E-state index in [-0.39, 0.29) is 30.9 Å². The molecule has 160 valence electrons. The van der Waals surface area contributed by atoms with Gasteiger partial charge in [0.15, 0.2) is 5.78 Å². The van der Waals surface area contributed by atoms with E-state index in [0.717, 1.165) is 10.8 Å². The number of nitrogens with zero attached hydrogens (tertiary/aromatic N) is 1. The van der Waals surface area contributed by atoms with Crippen LogP contribution in [0.5, 0.6) is 0 Å². The van der Waals surface area contributed by atoms with E-state index in [0.29, 0.717) is 15.6 Å². The van der Waals surface area contributed by atoms with Gasteiger partial charge in [-0.05, 0) is 24.6 Å². The van der Waals surface area contributed by atoms with Gasteiger partial charge in [-0.25, -0.2) is 4.79 Å². The third kappa shape index (κ3) is 4.81. The van der Waals surface area contributed by atoms with Gasteiger partial charge in [0.2, 0.25) is 5.91 Å². The second kappa shape index (κ2) is 9.13. The third-order valence-electron chi connectivity index (χ3n) is 4.76. The van der Waals surface area contributed by atoms with Crippen LogP contribution >= 0.6 is 23.2 Å². The third-order valence-corrected chi connectivity index (χ3v) is 5.47. The molecule has 0 aliphatic carbocycles. The average molecular weight is 456 g/mol. The largest absolute Gasteiger partial charge is 0.390 e. The number of ether oxygens (including phenoxy) is 1. The SMILES string of the molecule is CC(=O)c1cn([C@@H]2CC(O)[C@H](CNC(=O)Cc3c(Cl)cccc3Cl)O2)c(=O)[nH]c1=O. The standard InChI is InChI=1S/C19H19Cl2N3O6/c1-9(25)11-8-24(19(29)23-18(11)28)17-6-14(26)15(30-17)7-22-16(27)5-10-12(20)3-2-4-13(10)21/h2-4,8,14-15,17,26H,5-7H2,1H3,(H,22,27)(H,23,28,29)/t14?,15-,17-/m0/s1. The molecule has 3 N–H and O–H groups in total. The Bertz CT molecular complexity index is 1080. The Hall–Kier alpha value is -2.46. The molecule has 1 saturated heterocycles. The van der Waals surface area contributed by atoms with Crippen LogP contribution in [0.1, 0.15) is 35.5 Å². The van der Waals surface area contributed by atoms with Crippen LogP contribution in [0, 0.1) is 0 Å². The van der Waals surface area contributed by atoms with Crippen molar-refractivity contribution in [2.75, 3.05) is 6.54 Å². The predicted octanol–water partition coefficient (Wildman–Crippen LogP) is 1.05. The Morgan fingerprint density at radius 1 is 1.30 bits per heavy atom. The van der Waals surface area contributed by atoms with Crippen molar-refractivity contribution in [1.29, 1.82) is 0 Å². The van der Waals surface area contributed by atoms with E-state index in [9.17, 15) is 24.3 Å². The number of hydrogen-bond donors (Lipinski definition) is 3. The average Bonchev–Trinajstić information content (AvgIpc) is 3.03. The Labute approximate surface area is 180 Å². The molecular weight excluding hydrogens is 437 g/mol. The van der Waals surface area contributed by atoms with Crippen LogP contribution in [-0.4, -0.2) is 45.1 Å². The second-order valence-corrected chi connectivity index (χ2v) is 7.69. The number of carbonyl (C=O) groups excluding carboxylic acids is 2. The molecule has 3 atom stereocenters. The maximum atomic E-state index is 12.2. The van der Waals surface area contributed by atoms with E-state index in [2.05, 4.69) is 10.3 Å². The molecule has 0 saturated carbocycles. The number of aliphatic hydroxyl groups is 1. The fourth-order valence-electron chi connectivity index (χ4n) is 3.16. The van der Waals surface area contributed by atoms with Crippen molar-refractivity contribution in [3.8, 4) is 0 Å². The summed E-state index contributed by atoms with van der Waals surface area (Å²) in [5, 5.41) is 13.6. The van der Waals surface area contributed by atoms with Crippen LogP contribution in [0.2, 0.25) is 10.0 Å². The Morgan fingerprint density at radius 2 is 1.97 bits per heavy atom. The van der Waals surface area contributed by atoms with Crippen molar-refractivity contribution in [3.05, 3.63) is 66.4 Å². The summed E-state index contributed by atoms with van der Waals surface area (Å²) in [7, 11) is 0. The Morgan fingerprint density at radius 3 is 2.60 bits per heavy atom. The first kappa shape index (κ1) is 22.2. The molecule has 1 aliphatic heterocycles. The number of benzene rings is 1. The minimum absolute atomic E-state index is 0.0176. The number of rotatable bonds is 6. The number of ketones is 1. The predicted molar refractivity (Wildman–Crippen MR) is 109 cm³/mol. The molecule has 1 amide bonds. The summed E-state index contributed by atoms with van der Waals surface area (Å²) in [5.41, 5.74) is -1.26. The van der Waals surface area contributed by atoms with Crippen molar-refractivity contribution >= 4 is 34.9 Å². The number of H-pyrrole nitrogens is 1. The van der Waals surface area contributed by atoms with Crippen LogP contribution < -0.4 is 16.6 Å². The lowest BCUT2D eigenvalue weighted by atomic mass is 10.1. The lowest BCUT2D eigenvalue weighted by Gasteiger charge is -2.17. The maximum absolute atomic E-state index is 12.2. The van der Waals surface area contributed by atoms with Gasteiger partial charge in [-0.3, -0.25) is 23.9 Å². The Balaban J connectivity index is 1.65. The number of amides is 1. The zero-order valence-corrected chi connectivity index (χ0v) is 17.4. The molecule has 2 aromatic rings. The fraction of sp³-hybridized carbons (Fsp3) is 0.368. The molecule has 0 bridgehead atoms. The van der Waals surface area contributed by atoms with Gasteiger partial charge in [-0.1, -0.05) is 29.3 Å². The normalized spacial score (nSPS) is 20.9. The molecule has 0 radical (unpaired) electrons. The summed E-state index contributed by atoms with van der Waals surface area (Å²) >= 11 is 12.1. The molecule has 1 unspecified atom stereocenters. The first-order valence-corrected chi connectivity index (χ1v) is 9.82. The molecule has 0 spiro atoms. The highest BCUT2D eigenvalue weighted by Crippen LogP contribution is 2.28. The summed E-state index contributed by atoms with van der Waals surface area (Å²) in [5.74, 6) is -0.880. The quantitative estimate of drug-likeness (QED) is 0.558. The van der Waals surface area contributed by atoms with Gasteiger partial charge in [0, 0.05) is 29.2 Å². The minimum atomic E-state index is -0.973. The first-order chi connectivity index (χ1) is 14.2. The first-order valence-electron chi connectivity index (χ1n) is 9.07. The number of aromatic nitrogens is 2. The van der Waals surface area contributed by atoms with Gasteiger partial charge in [0.05, 0.1) is 18.1 Å². The number of halogens is 2. The highest BCUT2D eigenvalue weighted by atomic mass is 35.5. The van der Waals surface area contributed by atoms with Gasteiger partial charge in [0.25, 0.3) is 5.56 Å². The number of nitrogens with one attached hydrogen (secondary N) is 2. The highest BCUT2D eigenvalue weighted by Gasteiger charge is 2.36. The molecule has 11 heteroatoms. The monoisotopic (exact) mass is 455 g/mol. The van der Waals surface area contributed by atoms with E-state index in [1.54, 1.807) is 18.2 Å². The highest BCUT2D eigenvalue weighted by molar-refractivity contribution is 6.36. The molecular formula is C19H19Cl2N3O6. The van der Waals surface area contributed by atoms with Crippen LogP contribution in [0.15, 0.2) is 34.0 Å². The zero-order chi connectivity index (χ0) is 22.0. The van der Waals surface area contributed by atoms with E-state index in [1.165, 1.54) is 6.92 Å². The zero-order valence-electron chi connectivity index (χ0n) is 15.9. The summed E-state index contributed by atoms with van der Waals surface area (Å²) in [6, 6.07) is 4.93. The van der Waals surface area contributed by atoms with Crippen LogP contribution in [0.25, 0.3) is 0 Å². The summed E-state index contributed by atoms with van der Waals surface area (Å²) in [6.45, 7) is 1.18. The molecule has 1 fully saturated rings. The van der Waals surface area contributed by atoms with Crippen molar-refractivity contribution in [2.45, 2.75) is 38.2 Å². The lowest BCUT2D eigenvalue weighted by molar-refractivity contribution is -0.121.